The Morgan fingerprint density at radius 1 is 1.38 bits per heavy atom. The fourth-order valence-corrected chi connectivity index (χ4v) is 2.23. The zero-order valence-corrected chi connectivity index (χ0v) is 12.4. The van der Waals surface area contributed by atoms with Crippen LogP contribution in [0.2, 0.25) is 0 Å². The smallest absolute Gasteiger partial charge is 0.276 e. The van der Waals surface area contributed by atoms with E-state index in [4.69, 9.17) is 12.2 Å². The van der Waals surface area contributed by atoms with Gasteiger partial charge in [-0.2, -0.15) is 0 Å². The number of rotatable bonds is 5. The van der Waals surface area contributed by atoms with E-state index in [2.05, 4.69) is 5.32 Å². The molecule has 6 nitrogen and oxygen atoms in total. The first-order chi connectivity index (χ1) is 10.0. The van der Waals surface area contributed by atoms with Crippen LogP contribution in [0.1, 0.15) is 25.3 Å². The minimum Gasteiger partial charge on any atom is -0.328 e. The van der Waals surface area contributed by atoms with Crippen molar-refractivity contribution in [1.82, 2.24) is 10.2 Å². The maximum absolute atomic E-state index is 12.2. The summed E-state index contributed by atoms with van der Waals surface area (Å²) in [5.74, 6) is -0.160. The lowest BCUT2D eigenvalue weighted by molar-refractivity contribution is -0.384. The first kappa shape index (κ1) is 15.1. The van der Waals surface area contributed by atoms with Crippen LogP contribution in [0.3, 0.4) is 0 Å². The average molecular weight is 305 g/mol. The van der Waals surface area contributed by atoms with E-state index in [-0.39, 0.29) is 11.6 Å². The standard InChI is InChI=1S/C14H15N3O3S/c1-2-3-8-16-13(18)12(15-14(16)21)9-10-4-6-11(7-5-10)17(19)20/h4-7,9H,2-3,8H2,1H3,(H,15,21)/b12-9+. The van der Waals surface area contributed by atoms with Crippen molar-refractivity contribution in [2.75, 3.05) is 6.54 Å². The van der Waals surface area contributed by atoms with E-state index in [1.54, 1.807) is 18.2 Å². The molecule has 7 heteroatoms. The molecule has 0 aliphatic carbocycles. The van der Waals surface area contributed by atoms with E-state index >= 15 is 0 Å². The Balaban J connectivity index is 2.16. The van der Waals surface area contributed by atoms with E-state index < -0.39 is 4.92 Å². The molecule has 0 radical (unpaired) electrons. The molecule has 1 aromatic carbocycles. The minimum atomic E-state index is -0.461. The molecule has 0 bridgehead atoms. The summed E-state index contributed by atoms with van der Waals surface area (Å²) in [5, 5.41) is 13.9. The highest BCUT2D eigenvalue weighted by molar-refractivity contribution is 7.80. The molecule has 21 heavy (non-hydrogen) atoms. The molecule has 0 aromatic heterocycles. The molecule has 110 valence electrons. The molecular formula is C14H15N3O3S. The van der Waals surface area contributed by atoms with Crippen LogP contribution in [0.15, 0.2) is 30.0 Å². The Morgan fingerprint density at radius 3 is 2.62 bits per heavy atom. The third kappa shape index (κ3) is 3.43. The molecule has 0 spiro atoms. The van der Waals surface area contributed by atoms with Gasteiger partial charge in [0.05, 0.1) is 4.92 Å². The number of non-ortho nitro benzene ring substituents is 1. The van der Waals surface area contributed by atoms with Crippen molar-refractivity contribution in [1.29, 1.82) is 0 Å². The van der Waals surface area contributed by atoms with Gasteiger partial charge in [-0.25, -0.2) is 0 Å². The molecule has 1 amide bonds. The second-order valence-corrected chi connectivity index (χ2v) is 5.03. The zero-order valence-electron chi connectivity index (χ0n) is 11.5. The van der Waals surface area contributed by atoms with Crippen LogP contribution < -0.4 is 5.32 Å². The van der Waals surface area contributed by atoms with Crippen LogP contribution in [-0.2, 0) is 4.79 Å². The Labute approximate surface area is 127 Å². The van der Waals surface area contributed by atoms with Crippen LogP contribution >= 0.6 is 12.2 Å². The number of nitro groups is 1. The SMILES string of the molecule is CCCCN1C(=O)/C(=C\c2ccc([N+](=O)[O-])cc2)NC1=S. The van der Waals surface area contributed by atoms with Gasteiger partial charge < -0.3 is 5.32 Å². The van der Waals surface area contributed by atoms with Crippen LogP contribution in [0, 0.1) is 10.1 Å². The number of carbonyl (C=O) groups is 1. The molecule has 0 saturated carbocycles. The Bertz CT molecular complexity index is 610. The van der Waals surface area contributed by atoms with E-state index in [0.717, 1.165) is 12.8 Å². The van der Waals surface area contributed by atoms with Gasteiger partial charge in [0.1, 0.15) is 5.70 Å². The lowest BCUT2D eigenvalue weighted by atomic mass is 10.1. The summed E-state index contributed by atoms with van der Waals surface area (Å²) in [6.45, 7) is 2.64. The second-order valence-electron chi connectivity index (χ2n) is 4.65. The number of hydrogen-bond acceptors (Lipinski definition) is 4. The Morgan fingerprint density at radius 2 is 2.05 bits per heavy atom. The van der Waals surface area contributed by atoms with E-state index in [9.17, 15) is 14.9 Å². The van der Waals surface area contributed by atoms with Gasteiger partial charge in [-0.05, 0) is 42.4 Å². The fraction of sp³-hybridized carbons (Fsp3) is 0.286. The lowest BCUT2D eigenvalue weighted by Gasteiger charge is -2.12. The molecule has 1 heterocycles. The number of thiocarbonyl (C=S) groups is 1. The van der Waals surface area contributed by atoms with Crippen molar-refractivity contribution in [3.8, 4) is 0 Å². The minimum absolute atomic E-state index is 0.0166. The first-order valence-corrected chi connectivity index (χ1v) is 7.02. The maximum Gasteiger partial charge on any atom is 0.276 e. The third-order valence-electron chi connectivity index (χ3n) is 3.11. The lowest BCUT2D eigenvalue weighted by Crippen LogP contribution is -2.31. The van der Waals surface area contributed by atoms with Gasteiger partial charge >= 0.3 is 0 Å². The van der Waals surface area contributed by atoms with Crippen molar-refractivity contribution >= 4 is 35.0 Å². The number of carbonyl (C=O) groups excluding carboxylic acids is 1. The Kier molecular flexibility index (Phi) is 4.64. The van der Waals surface area contributed by atoms with Crippen LogP contribution in [0.25, 0.3) is 6.08 Å². The van der Waals surface area contributed by atoms with Crippen LogP contribution in [-0.4, -0.2) is 27.4 Å². The summed E-state index contributed by atoms with van der Waals surface area (Å²) >= 11 is 5.14. The summed E-state index contributed by atoms with van der Waals surface area (Å²) < 4.78 is 0. The highest BCUT2D eigenvalue weighted by Gasteiger charge is 2.29. The second kappa shape index (κ2) is 6.45. The van der Waals surface area contributed by atoms with Crippen molar-refractivity contribution in [3.63, 3.8) is 0 Å². The predicted octanol–water partition coefficient (Wildman–Crippen LogP) is 2.45. The number of nitrogens with one attached hydrogen (secondary N) is 1. The highest BCUT2D eigenvalue weighted by atomic mass is 32.1. The average Bonchev–Trinajstić information content (AvgIpc) is 2.72. The van der Waals surface area contributed by atoms with Gasteiger partial charge in [-0.1, -0.05) is 13.3 Å². The number of nitrogens with zero attached hydrogens (tertiary/aromatic N) is 2. The van der Waals surface area contributed by atoms with Crippen LogP contribution in [0.5, 0.6) is 0 Å². The molecule has 2 rings (SSSR count). The number of benzene rings is 1. The molecule has 1 N–H and O–H groups in total. The number of nitro benzene ring substituents is 1. The van der Waals surface area contributed by atoms with Gasteiger partial charge in [-0.3, -0.25) is 19.8 Å². The summed E-state index contributed by atoms with van der Waals surface area (Å²) in [6.07, 6.45) is 3.51. The number of hydrogen-bond donors (Lipinski definition) is 1. The normalized spacial score (nSPS) is 16.4. The Hall–Kier alpha value is -2.28. The molecule has 1 aliphatic heterocycles. The molecule has 1 fully saturated rings. The molecular weight excluding hydrogens is 290 g/mol. The summed E-state index contributed by atoms with van der Waals surface area (Å²) in [7, 11) is 0. The largest absolute Gasteiger partial charge is 0.328 e. The highest BCUT2D eigenvalue weighted by Crippen LogP contribution is 2.17. The quantitative estimate of drug-likeness (QED) is 0.391. The van der Waals surface area contributed by atoms with Crippen molar-refractivity contribution < 1.29 is 9.72 Å². The van der Waals surface area contributed by atoms with Crippen LogP contribution in [0.4, 0.5) is 5.69 Å². The molecule has 0 atom stereocenters. The summed E-state index contributed by atoms with van der Waals surface area (Å²) in [5.41, 5.74) is 1.12. The number of amides is 1. The third-order valence-corrected chi connectivity index (χ3v) is 3.43. The van der Waals surface area contributed by atoms with Gasteiger partial charge in [0.25, 0.3) is 11.6 Å². The van der Waals surface area contributed by atoms with E-state index in [1.807, 2.05) is 6.92 Å². The fourth-order valence-electron chi connectivity index (χ4n) is 1.95. The summed E-state index contributed by atoms with van der Waals surface area (Å²) in [6, 6.07) is 5.99. The summed E-state index contributed by atoms with van der Waals surface area (Å²) in [4.78, 5) is 23.9. The number of unbranched alkanes of at least 4 members (excludes halogenated alkanes) is 1. The van der Waals surface area contributed by atoms with Crippen molar-refractivity contribution in [3.05, 3.63) is 45.6 Å². The van der Waals surface area contributed by atoms with Gasteiger partial charge in [0.2, 0.25) is 0 Å². The van der Waals surface area contributed by atoms with Crippen molar-refractivity contribution in [2.24, 2.45) is 0 Å². The molecule has 1 aliphatic rings. The van der Waals surface area contributed by atoms with E-state index in [0.29, 0.717) is 22.9 Å². The predicted molar refractivity (Wildman–Crippen MR) is 83.4 cm³/mol. The first-order valence-electron chi connectivity index (χ1n) is 6.62. The monoisotopic (exact) mass is 305 g/mol. The molecule has 0 unspecified atom stereocenters. The van der Waals surface area contributed by atoms with E-state index in [1.165, 1.54) is 17.0 Å². The van der Waals surface area contributed by atoms with Gasteiger partial charge in [0, 0.05) is 18.7 Å². The zero-order chi connectivity index (χ0) is 15.4. The maximum atomic E-state index is 12.2. The van der Waals surface area contributed by atoms with Gasteiger partial charge in [-0.15, -0.1) is 0 Å². The van der Waals surface area contributed by atoms with Gasteiger partial charge in [0.15, 0.2) is 5.11 Å². The van der Waals surface area contributed by atoms with Crippen molar-refractivity contribution in [2.45, 2.75) is 19.8 Å². The molecule has 1 aromatic rings. The topological polar surface area (TPSA) is 75.5 Å². The molecule has 1 saturated heterocycles.